The standard InChI is InChI=1S/C28H29F4N5O2S/c1-27(2)25(39)36(20-9-8-19(17-33)22(15-20)28(30,31)32)26(40)37(27)21-10-7-18(23(29)16-21)5-4-6-24(38)35-13-11-34(3)12-14-35/h7-10,15-16H,4-6,11-14H2,1-3H3. The summed E-state index contributed by atoms with van der Waals surface area (Å²) in [6.07, 6.45) is -3.69. The molecule has 2 aliphatic heterocycles. The number of carbonyl (C=O) groups excluding carboxylic acids is 2. The van der Waals surface area contributed by atoms with Gasteiger partial charge in [-0.25, -0.2) is 4.39 Å². The van der Waals surface area contributed by atoms with Crippen molar-refractivity contribution in [1.29, 1.82) is 5.26 Å². The molecule has 7 nitrogen and oxygen atoms in total. The van der Waals surface area contributed by atoms with E-state index in [1.54, 1.807) is 26.0 Å². The van der Waals surface area contributed by atoms with Gasteiger partial charge < -0.3 is 14.7 Å². The summed E-state index contributed by atoms with van der Waals surface area (Å²) in [6, 6.07) is 8.86. The summed E-state index contributed by atoms with van der Waals surface area (Å²) in [5.74, 6) is -1.08. The van der Waals surface area contributed by atoms with Crippen LogP contribution >= 0.6 is 12.2 Å². The maximum absolute atomic E-state index is 15.2. The van der Waals surface area contributed by atoms with Gasteiger partial charge in [-0.15, -0.1) is 0 Å². The summed E-state index contributed by atoms with van der Waals surface area (Å²) < 4.78 is 55.8. The number of halogens is 4. The number of piperazine rings is 1. The van der Waals surface area contributed by atoms with Crippen LogP contribution in [0.25, 0.3) is 0 Å². The average Bonchev–Trinajstić information content (AvgIpc) is 3.07. The van der Waals surface area contributed by atoms with E-state index in [4.69, 9.17) is 17.5 Å². The van der Waals surface area contributed by atoms with Crippen molar-refractivity contribution in [1.82, 2.24) is 9.80 Å². The molecule has 4 rings (SSSR count). The Balaban J connectivity index is 1.51. The number of benzene rings is 2. The lowest BCUT2D eigenvalue weighted by atomic mass is 10.0. The molecule has 2 aromatic carbocycles. The van der Waals surface area contributed by atoms with Crippen molar-refractivity contribution in [2.24, 2.45) is 0 Å². The summed E-state index contributed by atoms with van der Waals surface area (Å²) in [7, 11) is 2.01. The second kappa shape index (κ2) is 11.1. The summed E-state index contributed by atoms with van der Waals surface area (Å²) in [4.78, 5) is 32.2. The number of hydrogen-bond donors (Lipinski definition) is 0. The summed E-state index contributed by atoms with van der Waals surface area (Å²) in [5, 5.41) is 8.98. The van der Waals surface area contributed by atoms with E-state index in [0.717, 1.165) is 30.1 Å². The number of nitrogens with zero attached hydrogens (tertiary/aromatic N) is 5. The van der Waals surface area contributed by atoms with E-state index in [1.807, 2.05) is 11.9 Å². The van der Waals surface area contributed by atoms with E-state index in [0.29, 0.717) is 37.9 Å². The Morgan fingerprint density at radius 2 is 1.73 bits per heavy atom. The number of nitriles is 1. The van der Waals surface area contributed by atoms with Gasteiger partial charge in [0.25, 0.3) is 5.91 Å². The van der Waals surface area contributed by atoms with E-state index in [-0.39, 0.29) is 22.4 Å². The molecule has 0 aliphatic carbocycles. The topological polar surface area (TPSA) is 70.9 Å². The zero-order chi connectivity index (χ0) is 29.4. The molecule has 0 atom stereocenters. The van der Waals surface area contributed by atoms with Crippen molar-refractivity contribution in [2.75, 3.05) is 43.0 Å². The van der Waals surface area contributed by atoms with Crippen LogP contribution in [-0.4, -0.2) is 65.5 Å². The SMILES string of the molecule is CN1CCN(C(=O)CCCc2ccc(N3C(=S)N(c4ccc(C#N)c(C(F)(F)F)c4)C(=O)C3(C)C)cc2F)CC1. The largest absolute Gasteiger partial charge is 0.417 e. The van der Waals surface area contributed by atoms with Crippen LogP contribution in [0.4, 0.5) is 28.9 Å². The number of likely N-dealkylation sites (N-methyl/N-ethyl adjacent to an activating group) is 1. The highest BCUT2D eigenvalue weighted by atomic mass is 32.1. The van der Waals surface area contributed by atoms with Crippen LogP contribution in [0.3, 0.4) is 0 Å². The molecule has 2 amide bonds. The molecule has 212 valence electrons. The second-order valence-corrected chi connectivity index (χ2v) is 10.8. The summed E-state index contributed by atoms with van der Waals surface area (Å²) in [6.45, 7) is 6.10. The Morgan fingerprint density at radius 1 is 1.07 bits per heavy atom. The van der Waals surface area contributed by atoms with Gasteiger partial charge in [-0.2, -0.15) is 18.4 Å². The molecule has 0 bridgehead atoms. The first-order chi connectivity index (χ1) is 18.8. The lowest BCUT2D eigenvalue weighted by molar-refractivity contribution is -0.138. The third-order valence-electron chi connectivity index (χ3n) is 7.34. The van der Waals surface area contributed by atoms with E-state index in [2.05, 4.69) is 4.90 Å². The third-order valence-corrected chi connectivity index (χ3v) is 7.71. The Kier molecular flexibility index (Phi) is 8.19. The van der Waals surface area contributed by atoms with Gasteiger partial charge in [-0.05, 0) is 81.8 Å². The van der Waals surface area contributed by atoms with Crippen molar-refractivity contribution < 1.29 is 27.2 Å². The van der Waals surface area contributed by atoms with Gasteiger partial charge >= 0.3 is 6.18 Å². The van der Waals surface area contributed by atoms with Gasteiger partial charge in [0.2, 0.25) is 5.91 Å². The number of amides is 2. The van der Waals surface area contributed by atoms with E-state index in [1.165, 1.54) is 23.1 Å². The van der Waals surface area contributed by atoms with Gasteiger partial charge in [0, 0.05) is 38.3 Å². The minimum Gasteiger partial charge on any atom is -0.340 e. The molecule has 0 spiro atoms. The molecule has 0 unspecified atom stereocenters. The number of rotatable bonds is 6. The number of aryl methyl sites for hydroxylation is 1. The lowest BCUT2D eigenvalue weighted by Gasteiger charge is -2.32. The molecule has 0 radical (unpaired) electrons. The first-order valence-corrected chi connectivity index (χ1v) is 13.2. The van der Waals surface area contributed by atoms with Gasteiger partial charge in [0.1, 0.15) is 11.4 Å². The second-order valence-electron chi connectivity index (χ2n) is 10.5. The monoisotopic (exact) mass is 575 g/mol. The molecule has 40 heavy (non-hydrogen) atoms. The van der Waals surface area contributed by atoms with Crippen molar-refractivity contribution in [3.05, 3.63) is 58.9 Å². The molecular formula is C28H29F4N5O2S. The molecule has 0 N–H and O–H groups in total. The van der Waals surface area contributed by atoms with Gasteiger partial charge in [-0.3, -0.25) is 14.5 Å². The smallest absolute Gasteiger partial charge is 0.340 e. The number of hydrogen-bond acceptors (Lipinski definition) is 5. The van der Waals surface area contributed by atoms with Gasteiger partial charge in [0.05, 0.1) is 22.9 Å². The van der Waals surface area contributed by atoms with E-state index < -0.39 is 34.6 Å². The fourth-order valence-electron chi connectivity index (χ4n) is 4.98. The highest BCUT2D eigenvalue weighted by Crippen LogP contribution is 2.40. The fourth-order valence-corrected chi connectivity index (χ4v) is 5.50. The van der Waals surface area contributed by atoms with E-state index >= 15 is 4.39 Å². The maximum atomic E-state index is 15.2. The van der Waals surface area contributed by atoms with Crippen LogP contribution in [0.2, 0.25) is 0 Å². The zero-order valence-corrected chi connectivity index (χ0v) is 23.2. The van der Waals surface area contributed by atoms with E-state index in [9.17, 15) is 22.8 Å². The quantitative estimate of drug-likeness (QED) is 0.367. The lowest BCUT2D eigenvalue weighted by Crippen LogP contribution is -2.47. The first kappa shape index (κ1) is 29.4. The number of alkyl halides is 3. The Labute approximate surface area is 235 Å². The zero-order valence-electron chi connectivity index (χ0n) is 22.4. The summed E-state index contributed by atoms with van der Waals surface area (Å²) >= 11 is 5.51. The molecule has 12 heteroatoms. The van der Waals surface area contributed by atoms with Crippen molar-refractivity contribution in [2.45, 2.75) is 44.8 Å². The Hall–Kier alpha value is -3.56. The molecule has 0 aromatic heterocycles. The Morgan fingerprint density at radius 3 is 2.33 bits per heavy atom. The number of thiocarbonyl (C=S) groups is 1. The minimum atomic E-state index is -4.81. The Bertz CT molecular complexity index is 1380. The molecule has 2 saturated heterocycles. The highest BCUT2D eigenvalue weighted by Gasteiger charge is 2.50. The van der Waals surface area contributed by atoms with Crippen LogP contribution in [0.15, 0.2) is 36.4 Å². The highest BCUT2D eigenvalue weighted by molar-refractivity contribution is 7.81. The average molecular weight is 576 g/mol. The summed E-state index contributed by atoms with van der Waals surface area (Å²) in [5.41, 5.74) is -2.55. The molecule has 2 aliphatic rings. The molecule has 0 saturated carbocycles. The molecule has 2 heterocycles. The fraction of sp³-hybridized carbons (Fsp3) is 0.429. The number of anilines is 2. The predicted molar refractivity (Wildman–Crippen MR) is 146 cm³/mol. The van der Waals surface area contributed by atoms with Crippen molar-refractivity contribution in [3.63, 3.8) is 0 Å². The first-order valence-electron chi connectivity index (χ1n) is 12.8. The van der Waals surface area contributed by atoms with Crippen LogP contribution in [-0.2, 0) is 22.2 Å². The third kappa shape index (κ3) is 5.67. The minimum absolute atomic E-state index is 0.0457. The van der Waals surface area contributed by atoms with Crippen molar-refractivity contribution in [3.8, 4) is 6.07 Å². The van der Waals surface area contributed by atoms with Gasteiger partial charge in [0.15, 0.2) is 5.11 Å². The van der Waals surface area contributed by atoms with Crippen molar-refractivity contribution >= 4 is 40.5 Å². The van der Waals surface area contributed by atoms with Crippen LogP contribution in [0.1, 0.15) is 43.4 Å². The van der Waals surface area contributed by atoms with Gasteiger partial charge in [-0.1, -0.05) is 6.07 Å². The predicted octanol–water partition coefficient (Wildman–Crippen LogP) is 4.73. The van der Waals surface area contributed by atoms with Crippen LogP contribution in [0.5, 0.6) is 0 Å². The normalized spacial score (nSPS) is 17.9. The molecule has 2 aromatic rings. The maximum Gasteiger partial charge on any atom is 0.417 e. The number of carbonyl (C=O) groups is 2. The molecule has 2 fully saturated rings. The molecular weight excluding hydrogens is 546 g/mol. The van der Waals surface area contributed by atoms with Crippen LogP contribution in [0, 0.1) is 17.1 Å². The van der Waals surface area contributed by atoms with Crippen LogP contribution < -0.4 is 9.80 Å².